The molecule has 3 aromatic carbocycles. The second-order valence-corrected chi connectivity index (χ2v) is 12.1. The SMILES string of the molecule is COc1ccc(OC)c(N(CC(=O)N(Cc2ccccc2)[C@@H](C)C(=O)NC(C)(C)C)S(=O)(=O)c2ccccc2)c1. The number of ether oxygens (including phenoxy) is 2. The fourth-order valence-corrected chi connectivity index (χ4v) is 5.50. The molecule has 0 radical (unpaired) electrons. The molecule has 3 aromatic rings. The number of carbonyl (C=O) groups excluding carboxylic acids is 2. The minimum Gasteiger partial charge on any atom is -0.497 e. The monoisotopic (exact) mass is 567 g/mol. The van der Waals surface area contributed by atoms with E-state index in [1.807, 2.05) is 51.1 Å². The number of sulfonamides is 1. The summed E-state index contributed by atoms with van der Waals surface area (Å²) in [6, 6.07) is 20.9. The van der Waals surface area contributed by atoms with Crippen LogP contribution in [-0.2, 0) is 26.2 Å². The number of benzene rings is 3. The Morgan fingerprint density at radius 3 is 2.05 bits per heavy atom. The predicted molar refractivity (Wildman–Crippen MR) is 155 cm³/mol. The summed E-state index contributed by atoms with van der Waals surface area (Å²) in [4.78, 5) is 28.6. The standard InChI is InChI=1S/C30H37N3O6S/c1-22(29(35)31-30(2,3)4)32(20-23-13-9-7-10-14-23)28(34)21-33(40(36,37)25-15-11-8-12-16-25)26-19-24(38-5)17-18-27(26)39-6/h7-19,22H,20-21H2,1-6H3,(H,31,35)/t22-/m0/s1. The second-order valence-electron chi connectivity index (χ2n) is 10.3. The molecule has 0 saturated heterocycles. The van der Waals surface area contributed by atoms with Crippen molar-refractivity contribution >= 4 is 27.5 Å². The topological polar surface area (TPSA) is 105 Å². The summed E-state index contributed by atoms with van der Waals surface area (Å²) in [6.07, 6.45) is 0. The van der Waals surface area contributed by atoms with Gasteiger partial charge in [-0.3, -0.25) is 13.9 Å². The van der Waals surface area contributed by atoms with Gasteiger partial charge in [0.1, 0.15) is 24.1 Å². The number of nitrogens with zero attached hydrogens (tertiary/aromatic N) is 2. The second kappa shape index (κ2) is 12.9. The Morgan fingerprint density at radius 2 is 1.50 bits per heavy atom. The largest absolute Gasteiger partial charge is 0.497 e. The lowest BCUT2D eigenvalue weighted by Crippen LogP contribution is -2.54. The van der Waals surface area contributed by atoms with Gasteiger partial charge in [-0.05, 0) is 57.5 Å². The van der Waals surface area contributed by atoms with Crippen LogP contribution in [0.2, 0.25) is 0 Å². The van der Waals surface area contributed by atoms with E-state index in [-0.39, 0.29) is 28.8 Å². The molecule has 40 heavy (non-hydrogen) atoms. The highest BCUT2D eigenvalue weighted by atomic mass is 32.2. The summed E-state index contributed by atoms with van der Waals surface area (Å²) >= 11 is 0. The highest BCUT2D eigenvalue weighted by Crippen LogP contribution is 2.36. The molecule has 0 fully saturated rings. The number of hydrogen-bond acceptors (Lipinski definition) is 6. The van der Waals surface area contributed by atoms with E-state index >= 15 is 0 Å². The number of methoxy groups -OCH3 is 2. The first-order valence-corrected chi connectivity index (χ1v) is 14.3. The zero-order chi connectivity index (χ0) is 29.5. The number of nitrogens with one attached hydrogen (secondary N) is 1. The van der Waals surface area contributed by atoms with Crippen molar-refractivity contribution in [2.24, 2.45) is 0 Å². The van der Waals surface area contributed by atoms with E-state index in [1.54, 1.807) is 37.3 Å². The van der Waals surface area contributed by atoms with Crippen molar-refractivity contribution in [1.82, 2.24) is 10.2 Å². The van der Waals surface area contributed by atoms with Crippen LogP contribution < -0.4 is 19.1 Å². The van der Waals surface area contributed by atoms with Crippen molar-refractivity contribution in [3.8, 4) is 11.5 Å². The maximum Gasteiger partial charge on any atom is 0.264 e. The minimum absolute atomic E-state index is 0.000747. The molecule has 2 amide bonds. The van der Waals surface area contributed by atoms with E-state index in [0.29, 0.717) is 5.75 Å². The van der Waals surface area contributed by atoms with E-state index in [0.717, 1.165) is 9.87 Å². The average Bonchev–Trinajstić information content (AvgIpc) is 2.93. The van der Waals surface area contributed by atoms with E-state index in [4.69, 9.17) is 9.47 Å². The highest BCUT2D eigenvalue weighted by molar-refractivity contribution is 7.92. The Morgan fingerprint density at radius 1 is 0.900 bits per heavy atom. The summed E-state index contributed by atoms with van der Waals surface area (Å²) in [6.45, 7) is 6.70. The van der Waals surface area contributed by atoms with Crippen LogP contribution in [0.3, 0.4) is 0 Å². The Labute approximate surface area is 236 Å². The van der Waals surface area contributed by atoms with Crippen LogP contribution in [0, 0.1) is 0 Å². The first-order valence-electron chi connectivity index (χ1n) is 12.8. The highest BCUT2D eigenvalue weighted by Gasteiger charge is 2.34. The smallest absolute Gasteiger partial charge is 0.264 e. The fraction of sp³-hybridized carbons (Fsp3) is 0.333. The van der Waals surface area contributed by atoms with Crippen molar-refractivity contribution in [3.05, 3.63) is 84.4 Å². The molecule has 0 aromatic heterocycles. The molecule has 3 rings (SSSR count). The minimum atomic E-state index is -4.24. The van der Waals surface area contributed by atoms with Crippen molar-refractivity contribution in [1.29, 1.82) is 0 Å². The van der Waals surface area contributed by atoms with Gasteiger partial charge in [0.2, 0.25) is 11.8 Å². The summed E-state index contributed by atoms with van der Waals surface area (Å²) in [5, 5.41) is 2.91. The van der Waals surface area contributed by atoms with Crippen molar-refractivity contribution in [2.45, 2.75) is 50.7 Å². The van der Waals surface area contributed by atoms with E-state index < -0.39 is 34.1 Å². The quantitative estimate of drug-likeness (QED) is 0.372. The molecule has 9 nitrogen and oxygen atoms in total. The maximum atomic E-state index is 14.0. The Balaban J connectivity index is 2.10. The van der Waals surface area contributed by atoms with Gasteiger partial charge in [0.25, 0.3) is 10.0 Å². The van der Waals surface area contributed by atoms with Crippen LogP contribution in [0.15, 0.2) is 83.8 Å². The molecule has 0 bridgehead atoms. The molecule has 0 saturated carbocycles. The lowest BCUT2D eigenvalue weighted by Gasteiger charge is -2.33. The number of carbonyl (C=O) groups is 2. The van der Waals surface area contributed by atoms with Crippen LogP contribution in [0.5, 0.6) is 11.5 Å². The van der Waals surface area contributed by atoms with Gasteiger partial charge in [0.05, 0.1) is 24.8 Å². The zero-order valence-electron chi connectivity index (χ0n) is 23.7. The third-order valence-corrected chi connectivity index (χ3v) is 7.90. The molecule has 0 aliphatic carbocycles. The van der Waals surface area contributed by atoms with E-state index in [9.17, 15) is 18.0 Å². The molecule has 214 valence electrons. The maximum absolute atomic E-state index is 14.0. The van der Waals surface area contributed by atoms with E-state index in [1.165, 1.54) is 37.3 Å². The van der Waals surface area contributed by atoms with Gasteiger partial charge in [-0.25, -0.2) is 8.42 Å². The molecular formula is C30H37N3O6S. The predicted octanol–water partition coefficient (Wildman–Crippen LogP) is 4.23. The van der Waals surface area contributed by atoms with Gasteiger partial charge in [-0.2, -0.15) is 0 Å². The first kappa shape index (κ1) is 30.5. The third-order valence-electron chi connectivity index (χ3n) is 6.13. The molecule has 0 spiro atoms. The lowest BCUT2D eigenvalue weighted by atomic mass is 10.1. The van der Waals surface area contributed by atoms with Crippen LogP contribution in [0.4, 0.5) is 5.69 Å². The van der Waals surface area contributed by atoms with Crippen LogP contribution >= 0.6 is 0 Å². The number of amides is 2. The van der Waals surface area contributed by atoms with Crippen LogP contribution in [0.25, 0.3) is 0 Å². The third kappa shape index (κ3) is 7.53. The zero-order valence-corrected chi connectivity index (χ0v) is 24.6. The normalized spacial score (nSPS) is 12.2. The van der Waals surface area contributed by atoms with Gasteiger partial charge < -0.3 is 19.7 Å². The van der Waals surface area contributed by atoms with Gasteiger partial charge >= 0.3 is 0 Å². The number of anilines is 1. The summed E-state index contributed by atoms with van der Waals surface area (Å²) in [5.41, 5.74) is 0.400. The molecule has 1 atom stereocenters. The molecular weight excluding hydrogens is 530 g/mol. The van der Waals surface area contributed by atoms with Crippen molar-refractivity contribution in [2.75, 3.05) is 25.1 Å². The van der Waals surface area contributed by atoms with Crippen LogP contribution in [0.1, 0.15) is 33.3 Å². The molecule has 10 heteroatoms. The lowest BCUT2D eigenvalue weighted by molar-refractivity contribution is -0.140. The van der Waals surface area contributed by atoms with Gasteiger partial charge in [0.15, 0.2) is 0 Å². The number of rotatable bonds is 11. The number of hydrogen-bond donors (Lipinski definition) is 1. The summed E-state index contributed by atoms with van der Waals surface area (Å²) in [5.74, 6) is -0.296. The Hall–Kier alpha value is -4.05. The molecule has 0 heterocycles. The van der Waals surface area contributed by atoms with Gasteiger partial charge in [-0.1, -0.05) is 48.5 Å². The van der Waals surface area contributed by atoms with Gasteiger partial charge in [0, 0.05) is 18.2 Å². The molecule has 0 aliphatic rings. The molecule has 0 aliphatic heterocycles. The average molecular weight is 568 g/mol. The van der Waals surface area contributed by atoms with Crippen molar-refractivity contribution in [3.63, 3.8) is 0 Å². The molecule has 0 unspecified atom stereocenters. The summed E-state index contributed by atoms with van der Waals surface area (Å²) in [7, 11) is -1.36. The summed E-state index contributed by atoms with van der Waals surface area (Å²) < 4.78 is 39.8. The first-order chi connectivity index (χ1) is 18.9. The molecule has 1 N–H and O–H groups in total. The Kier molecular flexibility index (Phi) is 9.81. The van der Waals surface area contributed by atoms with E-state index in [2.05, 4.69) is 5.32 Å². The van der Waals surface area contributed by atoms with Crippen LogP contribution in [-0.4, -0.2) is 57.5 Å². The van der Waals surface area contributed by atoms with Crippen molar-refractivity contribution < 1.29 is 27.5 Å². The Bertz CT molecular complexity index is 1410. The van der Waals surface area contributed by atoms with Gasteiger partial charge in [-0.15, -0.1) is 0 Å². The fourth-order valence-electron chi connectivity index (χ4n) is 4.06.